The Labute approximate surface area is 210 Å². The molecule has 0 radical (unpaired) electrons. The quantitative estimate of drug-likeness (QED) is 0.327. The maximum atomic E-state index is 12.6. The fourth-order valence-electron chi connectivity index (χ4n) is 5.98. The zero-order chi connectivity index (χ0) is 27.0. The molecule has 3 rings (SSSR count). The molecular weight excluding hydrogens is 472 g/mol. The molecule has 1 heterocycles. The van der Waals surface area contributed by atoms with Gasteiger partial charge in [0.15, 0.2) is 6.10 Å². The Bertz CT molecular complexity index is 983. The van der Waals surface area contributed by atoms with Crippen molar-refractivity contribution in [3.8, 4) is 0 Å². The summed E-state index contributed by atoms with van der Waals surface area (Å²) in [5.74, 6) is -4.26. The topological polar surface area (TPSA) is 146 Å². The van der Waals surface area contributed by atoms with Crippen LogP contribution in [0.15, 0.2) is 23.3 Å². The van der Waals surface area contributed by atoms with Gasteiger partial charge in [-0.2, -0.15) is 0 Å². The second kappa shape index (κ2) is 10.3. The number of rotatable bonds is 4. The van der Waals surface area contributed by atoms with Gasteiger partial charge in [0.1, 0.15) is 24.4 Å². The second-order valence-corrected chi connectivity index (χ2v) is 10.3. The van der Waals surface area contributed by atoms with Crippen molar-refractivity contribution in [2.24, 2.45) is 17.3 Å². The van der Waals surface area contributed by atoms with E-state index in [1.165, 1.54) is 33.8 Å². The highest BCUT2D eigenvalue weighted by atomic mass is 16.6. The number of esters is 4. The van der Waals surface area contributed by atoms with Crippen LogP contribution in [-0.2, 0) is 38.1 Å². The number of hydrogen-bond donors (Lipinski definition) is 2. The number of carbonyl (C=O) groups excluding carboxylic acids is 4. The number of ether oxygens (including phenoxy) is 4. The summed E-state index contributed by atoms with van der Waals surface area (Å²) in [6.07, 6.45) is -0.275. The van der Waals surface area contributed by atoms with E-state index in [0.717, 1.165) is 0 Å². The Morgan fingerprint density at radius 1 is 1.11 bits per heavy atom. The smallest absolute Gasteiger partial charge is 0.312 e. The molecule has 3 aliphatic rings. The monoisotopic (exact) mass is 508 g/mol. The highest BCUT2D eigenvalue weighted by Crippen LogP contribution is 2.54. The predicted octanol–water partition coefficient (Wildman–Crippen LogP) is 1.76. The second-order valence-electron chi connectivity index (χ2n) is 10.3. The number of hydrogen-bond acceptors (Lipinski definition) is 10. The van der Waals surface area contributed by atoms with E-state index in [0.29, 0.717) is 17.6 Å². The first kappa shape index (κ1) is 27.9. The third kappa shape index (κ3) is 4.93. The fraction of sp³-hybridized carbons (Fsp3) is 0.692. The summed E-state index contributed by atoms with van der Waals surface area (Å²) in [5, 5.41) is 23.8. The molecule has 36 heavy (non-hydrogen) atoms. The van der Waals surface area contributed by atoms with Gasteiger partial charge >= 0.3 is 23.9 Å². The number of aliphatic hydroxyl groups is 2. The summed E-state index contributed by atoms with van der Waals surface area (Å²) >= 11 is 0. The van der Waals surface area contributed by atoms with E-state index in [1.54, 1.807) is 13.8 Å². The van der Waals surface area contributed by atoms with Gasteiger partial charge in [0, 0.05) is 33.1 Å². The van der Waals surface area contributed by atoms with Crippen molar-refractivity contribution in [1.29, 1.82) is 0 Å². The Balaban J connectivity index is 2.24. The minimum Gasteiger partial charge on any atom is -0.462 e. The van der Waals surface area contributed by atoms with Gasteiger partial charge in [-0.15, -0.1) is 0 Å². The largest absolute Gasteiger partial charge is 0.462 e. The molecule has 0 spiro atoms. The zero-order valence-electron chi connectivity index (χ0n) is 21.6. The lowest BCUT2D eigenvalue weighted by atomic mass is 9.56. The number of aliphatic hydroxyl groups excluding tert-OH is 1. The molecule has 0 aromatic rings. The van der Waals surface area contributed by atoms with Gasteiger partial charge in [-0.3, -0.25) is 19.2 Å². The van der Waals surface area contributed by atoms with Crippen LogP contribution in [0.5, 0.6) is 0 Å². The predicted molar refractivity (Wildman–Crippen MR) is 125 cm³/mol. The molecule has 2 N–H and O–H groups in total. The average molecular weight is 509 g/mol. The van der Waals surface area contributed by atoms with E-state index in [1.807, 2.05) is 6.08 Å². The molecule has 8 unspecified atom stereocenters. The summed E-state index contributed by atoms with van der Waals surface area (Å²) in [6.45, 7) is 8.69. The van der Waals surface area contributed by atoms with Crippen LogP contribution in [0.1, 0.15) is 60.8 Å². The van der Waals surface area contributed by atoms with Crippen molar-refractivity contribution >= 4 is 23.9 Å². The van der Waals surface area contributed by atoms with Crippen LogP contribution in [0.4, 0.5) is 0 Å². The zero-order valence-corrected chi connectivity index (χ0v) is 21.6. The average Bonchev–Trinajstić information content (AvgIpc) is 2.99. The van der Waals surface area contributed by atoms with Crippen molar-refractivity contribution in [2.75, 3.05) is 6.61 Å². The highest BCUT2D eigenvalue weighted by molar-refractivity contribution is 5.77. The fourth-order valence-corrected chi connectivity index (χ4v) is 5.98. The lowest BCUT2D eigenvalue weighted by molar-refractivity contribution is -0.205. The summed E-state index contributed by atoms with van der Waals surface area (Å²) in [6, 6.07) is 0. The van der Waals surface area contributed by atoms with E-state index in [4.69, 9.17) is 18.9 Å². The Morgan fingerprint density at radius 3 is 2.31 bits per heavy atom. The van der Waals surface area contributed by atoms with E-state index in [-0.39, 0.29) is 19.4 Å². The molecule has 1 saturated heterocycles. The maximum Gasteiger partial charge on any atom is 0.312 e. The molecule has 0 bridgehead atoms. The molecule has 1 aliphatic heterocycles. The van der Waals surface area contributed by atoms with Gasteiger partial charge in [-0.25, -0.2) is 0 Å². The molecule has 200 valence electrons. The van der Waals surface area contributed by atoms with Gasteiger partial charge in [0.25, 0.3) is 0 Å². The van der Waals surface area contributed by atoms with Crippen LogP contribution >= 0.6 is 0 Å². The van der Waals surface area contributed by atoms with Crippen LogP contribution in [-0.4, -0.2) is 70.7 Å². The molecule has 0 aromatic heterocycles. The van der Waals surface area contributed by atoms with Crippen molar-refractivity contribution in [3.63, 3.8) is 0 Å². The Kier molecular flexibility index (Phi) is 8.00. The van der Waals surface area contributed by atoms with Crippen molar-refractivity contribution in [3.05, 3.63) is 23.3 Å². The standard InChI is InChI=1S/C26H36O10/c1-13-7-9-19(34-16(4)28)25(6)20(35-17(5)29)10-8-18(12-33-15(3)27)11-21-26(32,23(30)22(13)25)14(2)24(31)36-21/h7,11,14,19-23,30,32H,8-10,12H2,1-6H3. The molecule has 8 atom stereocenters. The lowest BCUT2D eigenvalue weighted by Crippen LogP contribution is -2.64. The SMILES string of the molecule is CC(=O)OCC1=CC2OC(=O)C(C)C2(O)C(O)C2C(C)=CCC(OC(C)=O)C2(C)C(OC(C)=O)CC1. The van der Waals surface area contributed by atoms with Crippen LogP contribution < -0.4 is 0 Å². The van der Waals surface area contributed by atoms with Crippen LogP contribution in [0, 0.1) is 17.3 Å². The summed E-state index contributed by atoms with van der Waals surface area (Å²) in [4.78, 5) is 48.4. The summed E-state index contributed by atoms with van der Waals surface area (Å²) in [5.41, 5.74) is -2.01. The minimum atomic E-state index is -2.06. The van der Waals surface area contributed by atoms with Gasteiger partial charge < -0.3 is 29.2 Å². The first-order valence-corrected chi connectivity index (χ1v) is 12.2. The van der Waals surface area contributed by atoms with Crippen LogP contribution in [0.25, 0.3) is 0 Å². The van der Waals surface area contributed by atoms with Gasteiger partial charge in [-0.05, 0) is 38.3 Å². The summed E-state index contributed by atoms with van der Waals surface area (Å²) in [7, 11) is 0. The van der Waals surface area contributed by atoms with Crippen molar-refractivity contribution in [2.45, 2.75) is 90.8 Å². The van der Waals surface area contributed by atoms with E-state index >= 15 is 0 Å². The number of carbonyl (C=O) groups is 4. The van der Waals surface area contributed by atoms with E-state index in [2.05, 4.69) is 0 Å². The molecule has 2 aliphatic carbocycles. The molecule has 0 amide bonds. The Hall–Kier alpha value is -2.72. The van der Waals surface area contributed by atoms with Crippen LogP contribution in [0.3, 0.4) is 0 Å². The van der Waals surface area contributed by atoms with Gasteiger partial charge in [-0.1, -0.05) is 18.6 Å². The summed E-state index contributed by atoms with van der Waals surface area (Å²) < 4.78 is 22.1. The number of fused-ring (bicyclic) bond motifs is 2. The first-order valence-electron chi connectivity index (χ1n) is 12.2. The first-order chi connectivity index (χ1) is 16.7. The molecule has 1 fully saturated rings. The molecule has 10 nitrogen and oxygen atoms in total. The molecule has 0 aromatic carbocycles. The van der Waals surface area contributed by atoms with E-state index in [9.17, 15) is 29.4 Å². The lowest BCUT2D eigenvalue weighted by Gasteiger charge is -2.54. The third-order valence-corrected chi connectivity index (χ3v) is 7.93. The van der Waals surface area contributed by atoms with Crippen LogP contribution in [0.2, 0.25) is 0 Å². The third-order valence-electron chi connectivity index (χ3n) is 7.93. The van der Waals surface area contributed by atoms with Gasteiger partial charge in [0.2, 0.25) is 0 Å². The van der Waals surface area contributed by atoms with Crippen molar-refractivity contribution < 1.29 is 48.3 Å². The molecular formula is C26H36O10. The van der Waals surface area contributed by atoms with Crippen molar-refractivity contribution in [1.82, 2.24) is 0 Å². The normalized spacial score (nSPS) is 38.4. The minimum absolute atomic E-state index is 0.136. The van der Waals surface area contributed by atoms with Gasteiger partial charge in [0.05, 0.1) is 17.4 Å². The maximum absolute atomic E-state index is 12.6. The Morgan fingerprint density at radius 2 is 1.72 bits per heavy atom. The molecule has 0 saturated carbocycles. The molecule has 10 heteroatoms. The van der Waals surface area contributed by atoms with E-state index < -0.39 is 71.1 Å². The highest BCUT2D eigenvalue weighted by Gasteiger charge is 2.65.